The van der Waals surface area contributed by atoms with Crippen molar-refractivity contribution in [2.45, 2.75) is 19.8 Å². The predicted molar refractivity (Wildman–Crippen MR) is 104 cm³/mol. The van der Waals surface area contributed by atoms with Crippen LogP contribution in [0.1, 0.15) is 27.9 Å². The van der Waals surface area contributed by atoms with Gasteiger partial charge in [-0.15, -0.1) is 12.4 Å². The molecule has 0 aromatic heterocycles. The minimum atomic E-state index is 0. The van der Waals surface area contributed by atoms with E-state index in [0.717, 1.165) is 42.0 Å². The highest BCUT2D eigenvalue weighted by Crippen LogP contribution is 2.26. The Morgan fingerprint density at radius 2 is 1.96 bits per heavy atom. The summed E-state index contributed by atoms with van der Waals surface area (Å²) in [5.41, 5.74) is 4.24. The van der Waals surface area contributed by atoms with Crippen molar-refractivity contribution in [2.75, 3.05) is 32.1 Å². The van der Waals surface area contributed by atoms with Gasteiger partial charge >= 0.3 is 0 Å². The molecular weight excluding hydrogens is 336 g/mol. The fraction of sp³-hybridized carbons (Fsp3) is 0.350. The number of aryl methyl sites for hydroxylation is 1. The van der Waals surface area contributed by atoms with Crippen LogP contribution in [0.2, 0.25) is 0 Å². The van der Waals surface area contributed by atoms with Crippen LogP contribution in [0.25, 0.3) is 0 Å². The van der Waals surface area contributed by atoms with Gasteiger partial charge in [-0.3, -0.25) is 4.79 Å². The molecule has 0 saturated carbocycles. The first kappa shape index (κ1) is 19.1. The van der Waals surface area contributed by atoms with Crippen LogP contribution in [0.3, 0.4) is 0 Å². The molecule has 2 aromatic rings. The Kier molecular flexibility index (Phi) is 6.71. The minimum Gasteiger partial charge on any atom is -0.492 e. The second-order valence-electron chi connectivity index (χ2n) is 6.25. The Morgan fingerprint density at radius 1 is 1.20 bits per heavy atom. The van der Waals surface area contributed by atoms with E-state index >= 15 is 0 Å². The van der Waals surface area contributed by atoms with E-state index in [4.69, 9.17) is 4.74 Å². The summed E-state index contributed by atoms with van der Waals surface area (Å²) in [5.74, 6) is 0.894. The van der Waals surface area contributed by atoms with E-state index in [0.29, 0.717) is 13.2 Å². The summed E-state index contributed by atoms with van der Waals surface area (Å²) in [5, 5.41) is 3.37. The van der Waals surface area contributed by atoms with Gasteiger partial charge in [0.1, 0.15) is 12.4 Å². The van der Waals surface area contributed by atoms with Gasteiger partial charge in [-0.1, -0.05) is 23.8 Å². The molecule has 1 N–H and O–H groups in total. The number of carbonyl (C=O) groups is 1. The number of nitrogens with zero attached hydrogens (tertiary/aromatic N) is 1. The number of nitrogens with one attached hydrogen (secondary N) is 1. The summed E-state index contributed by atoms with van der Waals surface area (Å²) in [6, 6.07) is 13.9. The van der Waals surface area contributed by atoms with Crippen molar-refractivity contribution in [3.63, 3.8) is 0 Å². The molecule has 25 heavy (non-hydrogen) atoms. The number of amides is 1. The molecule has 134 valence electrons. The number of carbonyl (C=O) groups excluding carboxylic acids is 1. The third-order valence-corrected chi connectivity index (χ3v) is 4.39. The molecule has 0 fully saturated rings. The van der Waals surface area contributed by atoms with Crippen LogP contribution in [-0.4, -0.2) is 37.6 Å². The monoisotopic (exact) mass is 360 g/mol. The maximum absolute atomic E-state index is 12.7. The second kappa shape index (κ2) is 8.77. The molecule has 0 bridgehead atoms. The Balaban J connectivity index is 0.00000225. The molecule has 1 heterocycles. The second-order valence-corrected chi connectivity index (χ2v) is 6.25. The van der Waals surface area contributed by atoms with Crippen molar-refractivity contribution < 1.29 is 9.53 Å². The van der Waals surface area contributed by atoms with Gasteiger partial charge in [0.2, 0.25) is 0 Å². The van der Waals surface area contributed by atoms with Crippen LogP contribution in [0.4, 0.5) is 5.69 Å². The first-order valence-electron chi connectivity index (χ1n) is 8.46. The minimum absolute atomic E-state index is 0. The third kappa shape index (κ3) is 4.67. The zero-order chi connectivity index (χ0) is 16.9. The quantitative estimate of drug-likeness (QED) is 0.878. The van der Waals surface area contributed by atoms with E-state index < -0.39 is 0 Å². The molecule has 0 atom stereocenters. The molecule has 3 rings (SSSR count). The lowest BCUT2D eigenvalue weighted by molar-refractivity contribution is 0.0772. The van der Waals surface area contributed by atoms with Crippen LogP contribution in [-0.2, 0) is 6.42 Å². The number of halogens is 1. The van der Waals surface area contributed by atoms with Crippen LogP contribution in [0.15, 0.2) is 42.5 Å². The van der Waals surface area contributed by atoms with Crippen molar-refractivity contribution in [3.8, 4) is 5.75 Å². The number of fused-ring (bicyclic) bond motifs is 1. The summed E-state index contributed by atoms with van der Waals surface area (Å²) in [4.78, 5) is 14.5. The number of anilines is 1. The van der Waals surface area contributed by atoms with Crippen LogP contribution in [0, 0.1) is 6.92 Å². The topological polar surface area (TPSA) is 41.6 Å². The van der Waals surface area contributed by atoms with Crippen LogP contribution < -0.4 is 10.1 Å². The highest BCUT2D eigenvalue weighted by atomic mass is 35.5. The third-order valence-electron chi connectivity index (χ3n) is 4.39. The van der Waals surface area contributed by atoms with Crippen molar-refractivity contribution in [3.05, 3.63) is 59.2 Å². The molecule has 4 nitrogen and oxygen atoms in total. The van der Waals surface area contributed by atoms with E-state index in [1.807, 2.05) is 56.4 Å². The first-order chi connectivity index (χ1) is 11.6. The summed E-state index contributed by atoms with van der Waals surface area (Å²) >= 11 is 0. The van der Waals surface area contributed by atoms with Crippen molar-refractivity contribution in [1.82, 2.24) is 4.90 Å². The number of benzene rings is 2. The highest BCUT2D eigenvalue weighted by Gasteiger charge is 2.19. The van der Waals surface area contributed by atoms with E-state index in [1.165, 1.54) is 5.56 Å². The van der Waals surface area contributed by atoms with Gasteiger partial charge in [-0.05, 0) is 49.6 Å². The van der Waals surface area contributed by atoms with Gasteiger partial charge in [0.25, 0.3) is 5.91 Å². The molecule has 1 aliphatic rings. The van der Waals surface area contributed by atoms with Gasteiger partial charge in [-0.2, -0.15) is 0 Å². The Hall–Kier alpha value is -2.20. The zero-order valence-corrected chi connectivity index (χ0v) is 15.6. The van der Waals surface area contributed by atoms with Crippen LogP contribution in [0.5, 0.6) is 5.75 Å². The number of hydrogen-bond acceptors (Lipinski definition) is 3. The van der Waals surface area contributed by atoms with Gasteiger partial charge in [0, 0.05) is 24.8 Å². The lowest BCUT2D eigenvalue weighted by atomic mass is 9.97. The van der Waals surface area contributed by atoms with E-state index in [2.05, 4.69) is 5.32 Å². The highest BCUT2D eigenvalue weighted by molar-refractivity contribution is 5.97. The number of ether oxygens (including phenoxy) is 1. The molecule has 0 unspecified atom stereocenters. The molecule has 5 heteroatoms. The molecule has 1 amide bonds. The van der Waals surface area contributed by atoms with Crippen molar-refractivity contribution in [2.24, 2.45) is 0 Å². The van der Waals surface area contributed by atoms with E-state index in [-0.39, 0.29) is 18.3 Å². The summed E-state index contributed by atoms with van der Waals surface area (Å²) in [6.07, 6.45) is 2.02. The Bertz CT molecular complexity index is 716. The summed E-state index contributed by atoms with van der Waals surface area (Å²) < 4.78 is 5.72. The lowest BCUT2D eigenvalue weighted by Gasteiger charge is -2.23. The van der Waals surface area contributed by atoms with Crippen LogP contribution >= 0.6 is 12.4 Å². The van der Waals surface area contributed by atoms with Crippen molar-refractivity contribution >= 4 is 24.0 Å². The van der Waals surface area contributed by atoms with Gasteiger partial charge < -0.3 is 15.0 Å². The van der Waals surface area contributed by atoms with Gasteiger partial charge in [0.15, 0.2) is 0 Å². The molecule has 0 aliphatic carbocycles. The maximum atomic E-state index is 12.7. The Morgan fingerprint density at radius 3 is 2.72 bits per heavy atom. The van der Waals surface area contributed by atoms with Gasteiger partial charge in [-0.25, -0.2) is 0 Å². The Labute approximate surface area is 155 Å². The molecule has 0 saturated heterocycles. The smallest absolute Gasteiger partial charge is 0.254 e. The average Bonchev–Trinajstić information content (AvgIpc) is 2.62. The predicted octanol–water partition coefficient (Wildman–Crippen LogP) is 3.93. The summed E-state index contributed by atoms with van der Waals surface area (Å²) in [6.45, 7) is 4.07. The molecule has 0 spiro atoms. The maximum Gasteiger partial charge on any atom is 0.254 e. The number of rotatable bonds is 5. The molecule has 2 aromatic carbocycles. The fourth-order valence-electron chi connectivity index (χ4n) is 2.95. The SMILES string of the molecule is Cc1ccc(OCCN(C)C(=O)c2cccc3c2CCCN3)cc1.Cl. The standard InChI is InChI=1S/C20H24N2O2.ClH/c1-15-8-10-16(11-9-15)24-14-13-22(2)20(23)18-5-3-7-19-17(18)6-4-12-21-19;/h3,5,7-11,21H,4,6,12-14H2,1-2H3;1H. The molecular formula is C20H25ClN2O2. The largest absolute Gasteiger partial charge is 0.492 e. The van der Waals surface area contributed by atoms with E-state index in [1.54, 1.807) is 4.90 Å². The number of hydrogen-bond donors (Lipinski definition) is 1. The molecule has 0 radical (unpaired) electrons. The normalized spacial score (nSPS) is 12.4. The number of likely N-dealkylation sites (N-methyl/N-ethyl adjacent to an activating group) is 1. The average molecular weight is 361 g/mol. The van der Waals surface area contributed by atoms with E-state index in [9.17, 15) is 4.79 Å². The fourth-order valence-corrected chi connectivity index (χ4v) is 2.95. The first-order valence-corrected chi connectivity index (χ1v) is 8.46. The zero-order valence-electron chi connectivity index (χ0n) is 14.7. The lowest BCUT2D eigenvalue weighted by Crippen LogP contribution is -2.32. The van der Waals surface area contributed by atoms with Crippen molar-refractivity contribution in [1.29, 1.82) is 0 Å². The summed E-state index contributed by atoms with van der Waals surface area (Å²) in [7, 11) is 1.83. The molecule has 1 aliphatic heterocycles. The van der Waals surface area contributed by atoms with Gasteiger partial charge in [0.05, 0.1) is 6.54 Å².